The molecular weight excluding hydrogens is 876 g/mol. The SMILES string of the molecule is CCCCCC/C=C/C(O)C(COP(=O)([O-])OCC[N+](C)(C)C)NC(=O)CCCCCCCCCCCCCCCCCCCCCCCCCCCCCCCCCCCCCCCCCCC. The summed E-state index contributed by atoms with van der Waals surface area (Å²) in [6.45, 7) is 4.60. The van der Waals surface area contributed by atoms with Gasteiger partial charge in [-0.25, -0.2) is 0 Å². The number of nitrogens with zero attached hydrogens (tertiary/aromatic N) is 1. The third-order valence-electron chi connectivity index (χ3n) is 14.2. The second-order valence-corrected chi connectivity index (χ2v) is 23.8. The molecule has 1 amide bonds. The summed E-state index contributed by atoms with van der Waals surface area (Å²) >= 11 is 0. The fourth-order valence-corrected chi connectivity index (χ4v) is 10.2. The molecule has 0 radical (unpaired) electrons. The number of nitrogens with one attached hydrogen (secondary N) is 1. The van der Waals surface area contributed by atoms with Gasteiger partial charge >= 0.3 is 0 Å². The summed E-state index contributed by atoms with van der Waals surface area (Å²) in [5, 5.41) is 13.7. The van der Waals surface area contributed by atoms with Crippen molar-refractivity contribution in [2.24, 2.45) is 0 Å². The van der Waals surface area contributed by atoms with Gasteiger partial charge in [-0.3, -0.25) is 9.36 Å². The van der Waals surface area contributed by atoms with E-state index in [1.165, 1.54) is 250 Å². The van der Waals surface area contributed by atoms with Crippen LogP contribution in [0.25, 0.3) is 0 Å². The Kier molecular flexibility index (Phi) is 51.5. The number of quaternary nitrogens is 1. The van der Waals surface area contributed by atoms with Gasteiger partial charge in [0.25, 0.3) is 7.82 Å². The molecule has 0 heterocycles. The molecule has 3 atom stereocenters. The number of hydrogen-bond donors (Lipinski definition) is 2. The van der Waals surface area contributed by atoms with Gasteiger partial charge in [0.15, 0.2) is 0 Å². The van der Waals surface area contributed by atoms with Crippen LogP contribution < -0.4 is 10.2 Å². The number of aliphatic hydroxyl groups excluding tert-OH is 1. The third kappa shape index (κ3) is 54.8. The highest BCUT2D eigenvalue weighted by Crippen LogP contribution is 2.38. The molecule has 0 bridgehead atoms. The van der Waals surface area contributed by atoms with Crippen molar-refractivity contribution in [3.63, 3.8) is 0 Å². The number of aliphatic hydroxyl groups is 1. The van der Waals surface area contributed by atoms with Crippen molar-refractivity contribution in [1.82, 2.24) is 5.32 Å². The maximum atomic E-state index is 12.8. The Labute approximate surface area is 431 Å². The average Bonchev–Trinajstić information content (AvgIpc) is 3.31. The van der Waals surface area contributed by atoms with E-state index in [0.717, 1.165) is 44.9 Å². The van der Waals surface area contributed by atoms with Gasteiger partial charge in [-0.1, -0.05) is 302 Å². The second-order valence-electron chi connectivity index (χ2n) is 22.4. The fraction of sp³-hybridized carbons (Fsp3) is 0.950. The molecule has 3 unspecified atom stereocenters. The van der Waals surface area contributed by atoms with E-state index in [1.807, 2.05) is 27.2 Å². The van der Waals surface area contributed by atoms with Crippen molar-refractivity contribution in [2.75, 3.05) is 40.9 Å². The summed E-state index contributed by atoms with van der Waals surface area (Å²) in [4.78, 5) is 25.2. The Morgan fingerprint density at radius 1 is 0.493 bits per heavy atom. The number of unbranched alkanes of at least 4 members (excludes halogenated alkanes) is 44. The molecule has 0 spiro atoms. The topological polar surface area (TPSA) is 108 Å². The summed E-state index contributed by atoms with van der Waals surface area (Å²) in [5.74, 6) is -0.197. The number of phosphoric ester groups is 1. The van der Waals surface area contributed by atoms with Crippen LogP contribution in [0.2, 0.25) is 0 Å². The van der Waals surface area contributed by atoms with E-state index >= 15 is 0 Å². The van der Waals surface area contributed by atoms with Crippen LogP contribution in [-0.4, -0.2) is 68.5 Å². The Hall–Kier alpha value is -0.760. The van der Waals surface area contributed by atoms with Crippen LogP contribution in [0.1, 0.15) is 316 Å². The summed E-state index contributed by atoms with van der Waals surface area (Å²) < 4.78 is 23.1. The van der Waals surface area contributed by atoms with Gasteiger partial charge in [0.1, 0.15) is 13.2 Å². The minimum atomic E-state index is -4.57. The molecule has 412 valence electrons. The first-order valence-corrected chi connectivity index (χ1v) is 32.0. The molecular formula is C60H121N2O6P. The van der Waals surface area contributed by atoms with Gasteiger partial charge in [0.05, 0.1) is 39.9 Å². The van der Waals surface area contributed by atoms with Crippen molar-refractivity contribution in [3.05, 3.63) is 12.2 Å². The molecule has 0 aliphatic heterocycles. The number of carbonyl (C=O) groups is 1. The number of allylic oxidation sites excluding steroid dienone is 1. The second kappa shape index (κ2) is 52.1. The quantitative estimate of drug-likeness (QED) is 0.0272. The molecule has 69 heavy (non-hydrogen) atoms. The lowest BCUT2D eigenvalue weighted by atomic mass is 10.0. The lowest BCUT2D eigenvalue weighted by Gasteiger charge is -2.29. The van der Waals surface area contributed by atoms with Crippen molar-refractivity contribution >= 4 is 13.7 Å². The summed E-state index contributed by atoms with van der Waals surface area (Å²) in [6, 6.07) is -0.879. The maximum Gasteiger partial charge on any atom is 0.268 e. The van der Waals surface area contributed by atoms with Crippen molar-refractivity contribution in [2.45, 2.75) is 328 Å². The largest absolute Gasteiger partial charge is 0.756 e. The van der Waals surface area contributed by atoms with E-state index < -0.39 is 20.0 Å². The molecule has 0 aromatic heterocycles. The van der Waals surface area contributed by atoms with Crippen molar-refractivity contribution < 1.29 is 32.9 Å². The van der Waals surface area contributed by atoms with Crippen LogP contribution in [0.15, 0.2) is 12.2 Å². The number of amides is 1. The first kappa shape index (κ1) is 68.2. The normalized spacial score (nSPS) is 13.9. The van der Waals surface area contributed by atoms with Crippen LogP contribution in [0.3, 0.4) is 0 Å². The zero-order valence-electron chi connectivity index (χ0n) is 47.0. The molecule has 0 fully saturated rings. The van der Waals surface area contributed by atoms with Gasteiger partial charge in [-0.2, -0.15) is 0 Å². The lowest BCUT2D eigenvalue weighted by molar-refractivity contribution is -0.870. The first-order valence-electron chi connectivity index (χ1n) is 30.6. The third-order valence-corrected chi connectivity index (χ3v) is 15.2. The highest BCUT2D eigenvalue weighted by Gasteiger charge is 2.23. The van der Waals surface area contributed by atoms with Gasteiger partial charge in [-0.15, -0.1) is 0 Å². The first-order chi connectivity index (χ1) is 33.5. The average molecular weight is 998 g/mol. The van der Waals surface area contributed by atoms with Crippen molar-refractivity contribution in [3.8, 4) is 0 Å². The van der Waals surface area contributed by atoms with E-state index in [1.54, 1.807) is 6.08 Å². The molecule has 0 saturated heterocycles. The van der Waals surface area contributed by atoms with E-state index in [4.69, 9.17) is 9.05 Å². The molecule has 0 aliphatic rings. The highest BCUT2D eigenvalue weighted by molar-refractivity contribution is 7.45. The lowest BCUT2D eigenvalue weighted by Crippen LogP contribution is -2.45. The number of phosphoric acid groups is 1. The Morgan fingerprint density at radius 3 is 1.09 bits per heavy atom. The molecule has 9 heteroatoms. The standard InChI is InChI=1S/C60H121N2O6P/c1-6-8-10-12-14-15-16-17-18-19-20-21-22-23-24-25-26-27-28-29-30-31-32-33-34-35-36-37-38-39-40-41-42-43-44-45-46-47-48-50-52-54-60(64)61-58(59(63)53-51-49-13-11-9-7-2)57-68-69(65,66)67-56-55-62(3,4)5/h51,53,58-59,63H,6-50,52,54-57H2,1-5H3,(H-,61,64,65,66)/b53-51+. The highest BCUT2D eigenvalue weighted by atomic mass is 31.2. The fourth-order valence-electron chi connectivity index (χ4n) is 9.45. The van der Waals surface area contributed by atoms with Crippen LogP contribution in [0.5, 0.6) is 0 Å². The maximum absolute atomic E-state index is 12.8. The van der Waals surface area contributed by atoms with Gasteiger partial charge in [0, 0.05) is 6.42 Å². The van der Waals surface area contributed by atoms with Gasteiger partial charge in [-0.05, 0) is 19.3 Å². The van der Waals surface area contributed by atoms with E-state index in [9.17, 15) is 19.4 Å². The Balaban J connectivity index is 3.62. The predicted octanol–water partition coefficient (Wildman–Crippen LogP) is 18.0. The van der Waals surface area contributed by atoms with E-state index in [-0.39, 0.29) is 19.1 Å². The number of rotatable bonds is 57. The van der Waals surface area contributed by atoms with Crippen LogP contribution in [0.4, 0.5) is 0 Å². The minimum Gasteiger partial charge on any atom is -0.756 e. The molecule has 0 aromatic rings. The molecule has 2 N–H and O–H groups in total. The predicted molar refractivity (Wildman–Crippen MR) is 298 cm³/mol. The van der Waals surface area contributed by atoms with Gasteiger partial charge < -0.3 is 28.8 Å². The molecule has 8 nitrogen and oxygen atoms in total. The van der Waals surface area contributed by atoms with Crippen molar-refractivity contribution in [1.29, 1.82) is 0 Å². The van der Waals surface area contributed by atoms with Crippen LogP contribution >= 0.6 is 7.82 Å². The van der Waals surface area contributed by atoms with E-state index in [2.05, 4.69) is 19.2 Å². The number of carbonyl (C=O) groups excluding carboxylic acids is 1. The number of likely N-dealkylation sites (N-methyl/N-ethyl adjacent to an activating group) is 1. The summed E-state index contributed by atoms with van der Waals surface area (Å²) in [7, 11) is 1.27. The molecule has 0 aromatic carbocycles. The zero-order chi connectivity index (χ0) is 50.6. The smallest absolute Gasteiger partial charge is 0.268 e. The van der Waals surface area contributed by atoms with Crippen LogP contribution in [-0.2, 0) is 18.4 Å². The van der Waals surface area contributed by atoms with Crippen LogP contribution in [0, 0.1) is 0 Å². The molecule has 0 aliphatic carbocycles. The summed E-state index contributed by atoms with van der Waals surface area (Å²) in [6.07, 6.45) is 65.3. The van der Waals surface area contributed by atoms with Gasteiger partial charge in [0.2, 0.25) is 5.91 Å². The zero-order valence-corrected chi connectivity index (χ0v) is 47.9. The van der Waals surface area contributed by atoms with E-state index in [0.29, 0.717) is 17.4 Å². The molecule has 0 rings (SSSR count). The minimum absolute atomic E-state index is 0.00132. The summed E-state index contributed by atoms with van der Waals surface area (Å²) in [5.41, 5.74) is 0. The number of hydrogen-bond acceptors (Lipinski definition) is 6. The molecule has 0 saturated carbocycles. The Morgan fingerprint density at radius 2 is 0.783 bits per heavy atom. The monoisotopic (exact) mass is 997 g/mol. The Bertz CT molecular complexity index is 1130.